The second-order valence-electron chi connectivity index (χ2n) is 3.50. The van der Waals surface area contributed by atoms with Crippen LogP contribution in [0.5, 0.6) is 0 Å². The monoisotopic (exact) mass is 256 g/mol. The summed E-state index contributed by atoms with van der Waals surface area (Å²) in [6.45, 7) is 6.13. The van der Waals surface area contributed by atoms with Gasteiger partial charge in [0.25, 0.3) is 10.0 Å². The van der Waals surface area contributed by atoms with E-state index in [4.69, 9.17) is 5.26 Å². The van der Waals surface area contributed by atoms with Gasteiger partial charge in [-0.3, -0.25) is 0 Å². The summed E-state index contributed by atoms with van der Waals surface area (Å²) in [7, 11) is -3.65. The average Bonchev–Trinajstić information content (AvgIpc) is 2.67. The highest BCUT2D eigenvalue weighted by molar-refractivity contribution is 7.89. The van der Waals surface area contributed by atoms with Crippen molar-refractivity contribution in [2.75, 3.05) is 13.1 Å². The molecule has 0 radical (unpaired) electrons. The van der Waals surface area contributed by atoms with E-state index < -0.39 is 10.0 Å². The third kappa shape index (κ3) is 2.65. The van der Waals surface area contributed by atoms with E-state index in [-0.39, 0.29) is 18.1 Å². The molecule has 0 saturated heterocycles. The Kier molecular flexibility index (Phi) is 4.26. The number of hydrogen-bond donors (Lipinski definition) is 0. The van der Waals surface area contributed by atoms with Crippen molar-refractivity contribution in [1.82, 2.24) is 13.9 Å². The Labute approximate surface area is 102 Å². The number of imidazole rings is 1. The highest BCUT2D eigenvalue weighted by Gasteiger charge is 2.26. The van der Waals surface area contributed by atoms with E-state index in [9.17, 15) is 8.42 Å². The minimum atomic E-state index is -3.65. The second-order valence-corrected chi connectivity index (χ2v) is 5.39. The predicted octanol–water partition coefficient (Wildman–Crippen LogP) is 0.746. The van der Waals surface area contributed by atoms with E-state index in [0.29, 0.717) is 12.4 Å². The molecule has 1 aromatic rings. The van der Waals surface area contributed by atoms with Gasteiger partial charge in [0.05, 0.1) is 6.07 Å². The molecular weight excluding hydrogens is 240 g/mol. The quantitative estimate of drug-likeness (QED) is 0.728. The summed E-state index contributed by atoms with van der Waals surface area (Å²) in [6, 6.07) is 1.84. The molecule has 0 amide bonds. The lowest BCUT2D eigenvalue weighted by atomic mass is 10.6. The largest absolute Gasteiger partial charge is 0.334 e. The molecule has 6 nitrogen and oxygen atoms in total. The average molecular weight is 256 g/mol. The molecule has 1 aromatic heterocycles. The molecule has 0 spiro atoms. The van der Waals surface area contributed by atoms with Gasteiger partial charge in [-0.1, -0.05) is 6.92 Å². The Hall–Kier alpha value is -1.39. The molecule has 0 bridgehead atoms. The van der Waals surface area contributed by atoms with Crippen LogP contribution in [-0.2, 0) is 16.6 Å². The first-order chi connectivity index (χ1) is 7.97. The van der Waals surface area contributed by atoms with Crippen LogP contribution in [-0.4, -0.2) is 35.4 Å². The fourth-order valence-corrected chi connectivity index (χ4v) is 2.84. The third-order valence-corrected chi connectivity index (χ3v) is 4.29. The maximum atomic E-state index is 12.1. The minimum absolute atomic E-state index is 0.00829. The summed E-state index contributed by atoms with van der Waals surface area (Å²) in [5.74, 6) is 0.652. The van der Waals surface area contributed by atoms with Gasteiger partial charge in [0.2, 0.25) is 0 Å². The molecule has 0 saturated carbocycles. The van der Waals surface area contributed by atoms with Gasteiger partial charge in [0.15, 0.2) is 5.03 Å². The molecule has 94 valence electrons. The number of nitrogens with zero attached hydrogens (tertiary/aromatic N) is 4. The van der Waals surface area contributed by atoms with Crippen LogP contribution < -0.4 is 0 Å². The van der Waals surface area contributed by atoms with Crippen LogP contribution in [0.2, 0.25) is 0 Å². The molecule has 7 heteroatoms. The first-order valence-electron chi connectivity index (χ1n) is 5.38. The molecule has 1 heterocycles. The van der Waals surface area contributed by atoms with Crippen molar-refractivity contribution >= 4 is 10.0 Å². The zero-order chi connectivity index (χ0) is 13.1. The van der Waals surface area contributed by atoms with Gasteiger partial charge < -0.3 is 4.57 Å². The number of nitriles is 1. The first-order valence-corrected chi connectivity index (χ1v) is 6.82. The summed E-state index contributed by atoms with van der Waals surface area (Å²) in [5, 5.41) is 8.61. The molecule has 17 heavy (non-hydrogen) atoms. The van der Waals surface area contributed by atoms with Gasteiger partial charge in [-0.15, -0.1) is 0 Å². The van der Waals surface area contributed by atoms with Gasteiger partial charge in [-0.2, -0.15) is 9.57 Å². The number of rotatable bonds is 5. The molecule has 1 rings (SSSR count). The second kappa shape index (κ2) is 5.29. The lowest BCUT2D eigenvalue weighted by molar-refractivity contribution is 0.460. The van der Waals surface area contributed by atoms with Gasteiger partial charge in [0, 0.05) is 19.3 Å². The van der Waals surface area contributed by atoms with Crippen LogP contribution in [0, 0.1) is 18.3 Å². The SMILES string of the molecule is CCN(CC#N)S(=O)(=O)c1cn(CC)c(C)n1. The van der Waals surface area contributed by atoms with E-state index >= 15 is 0 Å². The van der Waals surface area contributed by atoms with Crippen molar-refractivity contribution in [3.05, 3.63) is 12.0 Å². The number of hydrogen-bond acceptors (Lipinski definition) is 4. The van der Waals surface area contributed by atoms with E-state index in [1.54, 1.807) is 18.4 Å². The van der Waals surface area contributed by atoms with Gasteiger partial charge in [0.1, 0.15) is 12.4 Å². The van der Waals surface area contributed by atoms with Gasteiger partial charge in [-0.05, 0) is 13.8 Å². The summed E-state index contributed by atoms with van der Waals surface area (Å²) in [4.78, 5) is 4.03. The van der Waals surface area contributed by atoms with Crippen LogP contribution in [0.25, 0.3) is 0 Å². The van der Waals surface area contributed by atoms with Crippen LogP contribution in [0.4, 0.5) is 0 Å². The fourth-order valence-electron chi connectivity index (χ4n) is 1.50. The molecule has 0 fully saturated rings. The molecule has 0 aliphatic rings. The number of sulfonamides is 1. The number of aromatic nitrogens is 2. The normalized spacial score (nSPS) is 11.7. The van der Waals surface area contributed by atoms with E-state index in [1.165, 1.54) is 6.20 Å². The van der Waals surface area contributed by atoms with Crippen LogP contribution in [0.15, 0.2) is 11.2 Å². The Morgan fingerprint density at radius 2 is 2.18 bits per heavy atom. The van der Waals surface area contributed by atoms with Gasteiger partial charge >= 0.3 is 0 Å². The topological polar surface area (TPSA) is 79.0 Å². The predicted molar refractivity (Wildman–Crippen MR) is 62.7 cm³/mol. The lowest BCUT2D eigenvalue weighted by Crippen LogP contribution is -2.31. The zero-order valence-corrected chi connectivity index (χ0v) is 11.0. The smallest absolute Gasteiger partial charge is 0.263 e. The summed E-state index contributed by atoms with van der Waals surface area (Å²) in [5.41, 5.74) is 0. The molecule has 0 N–H and O–H groups in total. The maximum absolute atomic E-state index is 12.1. The van der Waals surface area contributed by atoms with Crippen molar-refractivity contribution in [2.24, 2.45) is 0 Å². The maximum Gasteiger partial charge on any atom is 0.263 e. The molecule has 0 aliphatic heterocycles. The molecular formula is C10H16N4O2S. The lowest BCUT2D eigenvalue weighted by Gasteiger charge is -2.14. The van der Waals surface area contributed by atoms with E-state index in [0.717, 1.165) is 4.31 Å². The van der Waals surface area contributed by atoms with Crippen molar-refractivity contribution in [3.8, 4) is 6.07 Å². The minimum Gasteiger partial charge on any atom is -0.334 e. The molecule has 0 aromatic carbocycles. The Balaban J connectivity index is 3.16. The standard InChI is InChI=1S/C10H16N4O2S/c1-4-13-8-10(12-9(13)3)17(15,16)14(5-2)7-6-11/h8H,4-5,7H2,1-3H3. The Morgan fingerprint density at radius 3 is 2.59 bits per heavy atom. The summed E-state index contributed by atoms with van der Waals surface area (Å²) >= 11 is 0. The molecule has 0 atom stereocenters. The van der Waals surface area contributed by atoms with Crippen molar-refractivity contribution in [2.45, 2.75) is 32.3 Å². The summed E-state index contributed by atoms with van der Waals surface area (Å²) < 4.78 is 27.1. The zero-order valence-electron chi connectivity index (χ0n) is 10.2. The highest BCUT2D eigenvalue weighted by atomic mass is 32.2. The highest BCUT2D eigenvalue weighted by Crippen LogP contribution is 2.14. The third-order valence-electron chi connectivity index (χ3n) is 2.50. The van der Waals surface area contributed by atoms with Crippen molar-refractivity contribution in [1.29, 1.82) is 5.26 Å². The van der Waals surface area contributed by atoms with Gasteiger partial charge in [-0.25, -0.2) is 13.4 Å². The molecule has 0 aliphatic carbocycles. The van der Waals surface area contributed by atoms with Crippen LogP contribution in [0.1, 0.15) is 19.7 Å². The first kappa shape index (κ1) is 13.7. The number of aryl methyl sites for hydroxylation is 2. The van der Waals surface area contributed by atoms with E-state index in [2.05, 4.69) is 4.98 Å². The summed E-state index contributed by atoms with van der Waals surface area (Å²) in [6.07, 6.45) is 1.50. The van der Waals surface area contributed by atoms with Crippen LogP contribution in [0.3, 0.4) is 0 Å². The molecule has 0 unspecified atom stereocenters. The Bertz CT molecular complexity index is 527. The van der Waals surface area contributed by atoms with E-state index in [1.807, 2.05) is 13.0 Å². The fraction of sp³-hybridized carbons (Fsp3) is 0.600. The van der Waals surface area contributed by atoms with Crippen molar-refractivity contribution < 1.29 is 8.42 Å². The Morgan fingerprint density at radius 1 is 1.53 bits per heavy atom. The van der Waals surface area contributed by atoms with Crippen LogP contribution >= 0.6 is 0 Å². The van der Waals surface area contributed by atoms with Crippen molar-refractivity contribution in [3.63, 3.8) is 0 Å².